The van der Waals surface area contributed by atoms with Crippen LogP contribution in [0.2, 0.25) is 5.02 Å². The van der Waals surface area contributed by atoms with Crippen molar-refractivity contribution < 1.29 is 14.0 Å². The fraction of sp³-hybridized carbons (Fsp3) is 0.176. The lowest BCUT2D eigenvalue weighted by molar-refractivity contribution is -0.117. The average Bonchev–Trinajstić information content (AvgIpc) is 2.98. The van der Waals surface area contributed by atoms with Gasteiger partial charge < -0.3 is 10.2 Å². The highest BCUT2D eigenvalue weighted by molar-refractivity contribution is 6.31. The van der Waals surface area contributed by atoms with Crippen molar-refractivity contribution in [3.8, 4) is 0 Å². The molecule has 1 saturated heterocycles. The van der Waals surface area contributed by atoms with Gasteiger partial charge in [-0.2, -0.15) is 0 Å². The molecule has 1 aliphatic rings. The van der Waals surface area contributed by atoms with E-state index in [1.54, 1.807) is 35.2 Å². The number of nitrogens with one attached hydrogen (secondary N) is 1. The summed E-state index contributed by atoms with van der Waals surface area (Å²) in [6.07, 6.45) is 1.39. The molecular formula is C17H14ClFN2O2. The zero-order valence-electron chi connectivity index (χ0n) is 12.2. The molecule has 0 saturated carbocycles. The number of rotatable bonds is 3. The van der Waals surface area contributed by atoms with E-state index in [1.165, 1.54) is 12.1 Å². The van der Waals surface area contributed by atoms with Gasteiger partial charge >= 0.3 is 0 Å². The number of halogens is 2. The lowest BCUT2D eigenvalue weighted by Crippen LogP contribution is -2.23. The number of carbonyl (C=O) groups excluding carboxylic acids is 2. The third-order valence-electron chi connectivity index (χ3n) is 3.71. The standard InChI is InChI=1S/C17H14ClFN2O2/c18-13-3-1-4-14(16(13)19)20-17(23)11-6-8-12(9-7-11)21-10-2-5-15(21)22/h1,3-4,6-9H,2,5,10H2,(H,20,23). The Morgan fingerprint density at radius 1 is 1.17 bits per heavy atom. The molecule has 23 heavy (non-hydrogen) atoms. The molecule has 2 aromatic carbocycles. The van der Waals surface area contributed by atoms with Crippen molar-refractivity contribution in [2.45, 2.75) is 12.8 Å². The van der Waals surface area contributed by atoms with Crippen molar-refractivity contribution in [1.29, 1.82) is 0 Å². The third-order valence-corrected chi connectivity index (χ3v) is 4.01. The van der Waals surface area contributed by atoms with Crippen LogP contribution in [-0.4, -0.2) is 18.4 Å². The van der Waals surface area contributed by atoms with Crippen LogP contribution in [0.3, 0.4) is 0 Å². The highest BCUT2D eigenvalue weighted by atomic mass is 35.5. The van der Waals surface area contributed by atoms with Crippen LogP contribution < -0.4 is 10.2 Å². The Morgan fingerprint density at radius 3 is 2.57 bits per heavy atom. The lowest BCUT2D eigenvalue weighted by Gasteiger charge is -2.16. The maximum Gasteiger partial charge on any atom is 0.255 e. The van der Waals surface area contributed by atoms with E-state index < -0.39 is 11.7 Å². The van der Waals surface area contributed by atoms with Gasteiger partial charge in [0, 0.05) is 24.2 Å². The van der Waals surface area contributed by atoms with Crippen LogP contribution in [0, 0.1) is 5.82 Å². The molecule has 118 valence electrons. The first-order valence-corrected chi connectivity index (χ1v) is 7.60. The number of nitrogens with zero attached hydrogens (tertiary/aromatic N) is 1. The second-order valence-corrected chi connectivity index (χ2v) is 5.66. The monoisotopic (exact) mass is 332 g/mol. The van der Waals surface area contributed by atoms with E-state index in [2.05, 4.69) is 5.32 Å². The Labute approximate surface area is 137 Å². The van der Waals surface area contributed by atoms with Crippen LogP contribution in [0.15, 0.2) is 42.5 Å². The molecule has 6 heteroatoms. The number of anilines is 2. The van der Waals surface area contributed by atoms with E-state index in [0.29, 0.717) is 18.5 Å². The number of carbonyl (C=O) groups is 2. The minimum atomic E-state index is -0.665. The fourth-order valence-electron chi connectivity index (χ4n) is 2.51. The quantitative estimate of drug-likeness (QED) is 0.928. The van der Waals surface area contributed by atoms with Gasteiger partial charge in [0.25, 0.3) is 5.91 Å². The van der Waals surface area contributed by atoms with Crippen molar-refractivity contribution >= 4 is 34.8 Å². The second kappa shape index (κ2) is 6.38. The third kappa shape index (κ3) is 3.19. The highest BCUT2D eigenvalue weighted by Gasteiger charge is 2.21. The molecule has 0 bridgehead atoms. The Hall–Kier alpha value is -2.40. The van der Waals surface area contributed by atoms with Crippen molar-refractivity contribution in [2.24, 2.45) is 0 Å². The Morgan fingerprint density at radius 2 is 1.91 bits per heavy atom. The van der Waals surface area contributed by atoms with E-state index >= 15 is 0 Å². The molecule has 2 amide bonds. The van der Waals surface area contributed by atoms with Crippen molar-refractivity contribution in [2.75, 3.05) is 16.8 Å². The molecule has 0 aliphatic carbocycles. The summed E-state index contributed by atoms with van der Waals surface area (Å²) in [6, 6.07) is 11.1. The SMILES string of the molecule is O=C(Nc1cccc(Cl)c1F)c1ccc(N2CCCC2=O)cc1. The molecule has 0 atom stereocenters. The average molecular weight is 333 g/mol. The molecule has 1 aliphatic heterocycles. The van der Waals surface area contributed by atoms with Crippen LogP contribution >= 0.6 is 11.6 Å². The minimum Gasteiger partial charge on any atom is -0.319 e. The van der Waals surface area contributed by atoms with Crippen LogP contribution in [-0.2, 0) is 4.79 Å². The predicted octanol–water partition coefficient (Wildman–Crippen LogP) is 3.86. The molecule has 0 spiro atoms. The first kappa shape index (κ1) is 15.5. The second-order valence-electron chi connectivity index (χ2n) is 5.25. The molecule has 2 aromatic rings. The zero-order valence-corrected chi connectivity index (χ0v) is 12.9. The normalized spacial score (nSPS) is 14.2. The van der Waals surface area contributed by atoms with Gasteiger partial charge in [0.1, 0.15) is 0 Å². The minimum absolute atomic E-state index is 0.0290. The largest absolute Gasteiger partial charge is 0.319 e. The van der Waals surface area contributed by atoms with Gasteiger partial charge in [-0.25, -0.2) is 4.39 Å². The van der Waals surface area contributed by atoms with E-state index in [1.807, 2.05) is 0 Å². The summed E-state index contributed by atoms with van der Waals surface area (Å²) in [6.45, 7) is 0.693. The maximum absolute atomic E-state index is 13.8. The lowest BCUT2D eigenvalue weighted by atomic mass is 10.1. The van der Waals surface area contributed by atoms with Gasteiger partial charge in [-0.15, -0.1) is 0 Å². The van der Waals surface area contributed by atoms with Crippen LogP contribution in [0.4, 0.5) is 15.8 Å². The van der Waals surface area contributed by atoms with Gasteiger partial charge in [0.15, 0.2) is 5.82 Å². The molecule has 0 radical (unpaired) electrons. The van der Waals surface area contributed by atoms with E-state index in [0.717, 1.165) is 12.1 Å². The van der Waals surface area contributed by atoms with Crippen LogP contribution in [0.25, 0.3) is 0 Å². The van der Waals surface area contributed by atoms with Gasteiger partial charge in [-0.3, -0.25) is 9.59 Å². The van der Waals surface area contributed by atoms with Gasteiger partial charge in [-0.05, 0) is 42.8 Å². The summed E-state index contributed by atoms with van der Waals surface area (Å²) in [7, 11) is 0. The molecule has 0 unspecified atom stereocenters. The van der Waals surface area contributed by atoms with Gasteiger partial charge in [0.05, 0.1) is 10.7 Å². The summed E-state index contributed by atoms with van der Waals surface area (Å²) >= 11 is 5.69. The first-order chi connectivity index (χ1) is 11.1. The summed E-state index contributed by atoms with van der Waals surface area (Å²) in [5.41, 5.74) is 1.17. The van der Waals surface area contributed by atoms with Crippen molar-refractivity contribution in [3.63, 3.8) is 0 Å². The number of amides is 2. The molecular weight excluding hydrogens is 319 g/mol. The van der Waals surface area contributed by atoms with Crippen LogP contribution in [0.5, 0.6) is 0 Å². The number of hydrogen-bond acceptors (Lipinski definition) is 2. The molecule has 4 nitrogen and oxygen atoms in total. The highest BCUT2D eigenvalue weighted by Crippen LogP contribution is 2.24. The molecule has 1 heterocycles. The zero-order chi connectivity index (χ0) is 16.4. The van der Waals surface area contributed by atoms with Gasteiger partial charge in [0.2, 0.25) is 5.91 Å². The van der Waals surface area contributed by atoms with Crippen molar-refractivity contribution in [1.82, 2.24) is 0 Å². The summed E-state index contributed by atoms with van der Waals surface area (Å²) in [5.74, 6) is -1.02. The van der Waals surface area contributed by atoms with E-state index in [4.69, 9.17) is 11.6 Å². The van der Waals surface area contributed by atoms with E-state index in [9.17, 15) is 14.0 Å². The number of benzene rings is 2. The predicted molar refractivity (Wildman–Crippen MR) is 87.4 cm³/mol. The van der Waals surface area contributed by atoms with Crippen LogP contribution in [0.1, 0.15) is 23.2 Å². The summed E-state index contributed by atoms with van der Waals surface area (Å²) in [4.78, 5) is 25.6. The van der Waals surface area contributed by atoms with Gasteiger partial charge in [-0.1, -0.05) is 17.7 Å². The Balaban J connectivity index is 1.75. The number of hydrogen-bond donors (Lipinski definition) is 1. The summed E-state index contributed by atoms with van der Waals surface area (Å²) < 4.78 is 13.8. The topological polar surface area (TPSA) is 49.4 Å². The van der Waals surface area contributed by atoms with E-state index in [-0.39, 0.29) is 16.6 Å². The summed E-state index contributed by atoms with van der Waals surface area (Å²) in [5, 5.41) is 2.44. The Kier molecular flexibility index (Phi) is 4.30. The van der Waals surface area contributed by atoms with Crippen molar-refractivity contribution in [3.05, 3.63) is 58.9 Å². The first-order valence-electron chi connectivity index (χ1n) is 7.22. The Bertz CT molecular complexity index is 762. The smallest absolute Gasteiger partial charge is 0.255 e. The fourth-order valence-corrected chi connectivity index (χ4v) is 2.68. The molecule has 0 aromatic heterocycles. The molecule has 1 N–H and O–H groups in total. The maximum atomic E-state index is 13.8. The molecule has 1 fully saturated rings. The molecule has 3 rings (SSSR count).